The maximum absolute atomic E-state index is 12.3. The Balaban J connectivity index is 1.84. The molecule has 0 aliphatic heterocycles. The van der Waals surface area contributed by atoms with Gasteiger partial charge in [0.2, 0.25) is 0 Å². The summed E-state index contributed by atoms with van der Waals surface area (Å²) in [5, 5.41) is 4.11. The fraction of sp³-hybridized carbons (Fsp3) is 0.462. The smallest absolute Gasteiger partial charge is 0.271 e. The van der Waals surface area contributed by atoms with Crippen LogP contribution >= 0.6 is 31.9 Å². The second-order valence-electron chi connectivity index (χ2n) is 7.93. The second kappa shape index (κ2) is 15.2. The Morgan fingerprint density at radius 3 is 2.22 bits per heavy atom. The van der Waals surface area contributed by atoms with Crippen LogP contribution in [-0.2, 0) is 6.42 Å². The molecule has 0 fully saturated rings. The van der Waals surface area contributed by atoms with E-state index in [1.54, 1.807) is 6.21 Å². The summed E-state index contributed by atoms with van der Waals surface area (Å²) in [4.78, 5) is 12.3. The van der Waals surface area contributed by atoms with E-state index in [1.807, 2.05) is 36.4 Å². The largest absolute Gasteiger partial charge is 0.491 e. The van der Waals surface area contributed by atoms with Crippen LogP contribution < -0.4 is 10.2 Å². The zero-order valence-corrected chi connectivity index (χ0v) is 22.3. The van der Waals surface area contributed by atoms with Crippen LogP contribution in [0.4, 0.5) is 0 Å². The minimum absolute atomic E-state index is 0.222. The molecule has 6 heteroatoms. The van der Waals surface area contributed by atoms with Gasteiger partial charge in [-0.3, -0.25) is 4.79 Å². The standard InChI is InChI=1S/C26H34Br2N2O2/c1-3-5-7-8-9-10-16-32-25-23(27)17-21(18-24(25)28)19-29-30-26(31)22-14-12-20(13-15-22)11-6-4-2/h12-15,17-19H,3-11,16H2,1-2H3,(H,30,31)/b29-19+. The summed E-state index contributed by atoms with van der Waals surface area (Å²) in [6.45, 7) is 5.10. The summed E-state index contributed by atoms with van der Waals surface area (Å²) in [5.41, 5.74) is 5.30. The predicted molar refractivity (Wildman–Crippen MR) is 141 cm³/mol. The van der Waals surface area contributed by atoms with Crippen molar-refractivity contribution in [3.05, 3.63) is 62.0 Å². The summed E-state index contributed by atoms with van der Waals surface area (Å²) in [5.74, 6) is 0.572. The molecule has 174 valence electrons. The van der Waals surface area contributed by atoms with E-state index < -0.39 is 0 Å². The van der Waals surface area contributed by atoms with E-state index in [-0.39, 0.29) is 5.91 Å². The normalized spacial score (nSPS) is 11.1. The highest BCUT2D eigenvalue weighted by molar-refractivity contribution is 9.11. The van der Waals surface area contributed by atoms with Gasteiger partial charge in [-0.15, -0.1) is 0 Å². The molecule has 32 heavy (non-hydrogen) atoms. The van der Waals surface area contributed by atoms with E-state index in [0.29, 0.717) is 12.2 Å². The zero-order chi connectivity index (χ0) is 23.2. The Morgan fingerprint density at radius 1 is 0.938 bits per heavy atom. The monoisotopic (exact) mass is 564 g/mol. The molecule has 0 aromatic heterocycles. The lowest BCUT2D eigenvalue weighted by molar-refractivity contribution is 0.0955. The highest BCUT2D eigenvalue weighted by Gasteiger charge is 2.09. The van der Waals surface area contributed by atoms with Crippen molar-refractivity contribution in [1.29, 1.82) is 0 Å². The molecule has 2 aromatic carbocycles. The van der Waals surface area contributed by atoms with Gasteiger partial charge < -0.3 is 4.74 Å². The fourth-order valence-corrected chi connectivity index (χ4v) is 4.73. The lowest BCUT2D eigenvalue weighted by Gasteiger charge is -2.11. The number of hydrogen-bond acceptors (Lipinski definition) is 3. The number of rotatable bonds is 14. The van der Waals surface area contributed by atoms with Crippen molar-refractivity contribution in [2.24, 2.45) is 5.10 Å². The Kier molecular flexibility index (Phi) is 12.7. The molecule has 1 N–H and O–H groups in total. The molecule has 0 heterocycles. The molecule has 0 unspecified atom stereocenters. The second-order valence-corrected chi connectivity index (χ2v) is 9.64. The number of aryl methyl sites for hydroxylation is 1. The number of hydrogen-bond donors (Lipinski definition) is 1. The van der Waals surface area contributed by atoms with Crippen LogP contribution in [-0.4, -0.2) is 18.7 Å². The van der Waals surface area contributed by atoms with E-state index in [1.165, 1.54) is 37.7 Å². The molecular formula is C26H34Br2N2O2. The molecule has 1 amide bonds. The van der Waals surface area contributed by atoms with E-state index in [2.05, 4.69) is 56.2 Å². The molecule has 0 atom stereocenters. The first-order valence-corrected chi connectivity index (χ1v) is 13.2. The van der Waals surface area contributed by atoms with Gasteiger partial charge in [-0.25, -0.2) is 5.43 Å². The number of nitrogens with zero attached hydrogens (tertiary/aromatic N) is 1. The van der Waals surface area contributed by atoms with Gasteiger partial charge in [-0.05, 0) is 86.5 Å². The Hall–Kier alpha value is -1.66. The summed E-state index contributed by atoms with van der Waals surface area (Å²) in [6.07, 6.45) is 12.4. The molecule has 0 aliphatic rings. The van der Waals surface area contributed by atoms with Gasteiger partial charge in [0.1, 0.15) is 5.75 Å². The maximum Gasteiger partial charge on any atom is 0.271 e. The van der Waals surface area contributed by atoms with E-state index in [4.69, 9.17) is 4.74 Å². The van der Waals surface area contributed by atoms with Gasteiger partial charge in [0.05, 0.1) is 21.8 Å². The Labute approximate surface area is 209 Å². The Morgan fingerprint density at radius 2 is 1.56 bits per heavy atom. The van der Waals surface area contributed by atoms with E-state index >= 15 is 0 Å². The highest BCUT2D eigenvalue weighted by atomic mass is 79.9. The number of amides is 1. The third-order valence-electron chi connectivity index (χ3n) is 5.18. The summed E-state index contributed by atoms with van der Waals surface area (Å²) in [6, 6.07) is 11.6. The summed E-state index contributed by atoms with van der Waals surface area (Å²) in [7, 11) is 0. The quantitative estimate of drug-likeness (QED) is 0.143. The summed E-state index contributed by atoms with van der Waals surface area (Å²) < 4.78 is 7.67. The summed E-state index contributed by atoms with van der Waals surface area (Å²) >= 11 is 7.16. The number of carbonyl (C=O) groups excluding carboxylic acids is 1. The topological polar surface area (TPSA) is 50.7 Å². The van der Waals surface area contributed by atoms with Gasteiger partial charge in [0, 0.05) is 5.56 Å². The van der Waals surface area contributed by atoms with E-state index in [0.717, 1.165) is 45.9 Å². The average molecular weight is 566 g/mol. The number of benzene rings is 2. The van der Waals surface area contributed by atoms with Crippen molar-refractivity contribution < 1.29 is 9.53 Å². The minimum Gasteiger partial charge on any atom is -0.491 e. The minimum atomic E-state index is -0.222. The van der Waals surface area contributed by atoms with Crippen molar-refractivity contribution in [1.82, 2.24) is 5.43 Å². The van der Waals surface area contributed by atoms with Gasteiger partial charge in [-0.2, -0.15) is 5.10 Å². The average Bonchev–Trinajstić information content (AvgIpc) is 2.79. The zero-order valence-electron chi connectivity index (χ0n) is 19.1. The molecule has 0 saturated carbocycles. The van der Waals surface area contributed by atoms with Crippen molar-refractivity contribution >= 4 is 44.0 Å². The first kappa shape index (κ1) is 26.6. The van der Waals surface area contributed by atoms with Crippen LogP contribution in [0.1, 0.15) is 86.7 Å². The number of nitrogens with one attached hydrogen (secondary N) is 1. The van der Waals surface area contributed by atoms with Crippen LogP contribution in [0, 0.1) is 0 Å². The van der Waals surface area contributed by atoms with Gasteiger partial charge in [-0.1, -0.05) is 64.5 Å². The molecule has 2 rings (SSSR count). The molecule has 4 nitrogen and oxygen atoms in total. The molecule has 0 saturated heterocycles. The first-order valence-electron chi connectivity index (χ1n) is 11.6. The molecular weight excluding hydrogens is 532 g/mol. The third-order valence-corrected chi connectivity index (χ3v) is 6.36. The SMILES string of the molecule is CCCCCCCCOc1c(Br)cc(/C=N/NC(=O)c2ccc(CCCC)cc2)cc1Br. The molecule has 0 spiro atoms. The lowest BCUT2D eigenvalue weighted by atomic mass is 10.1. The number of halogens is 2. The van der Waals surface area contributed by atoms with Crippen molar-refractivity contribution in [3.8, 4) is 5.75 Å². The maximum atomic E-state index is 12.3. The van der Waals surface area contributed by atoms with Crippen molar-refractivity contribution in [2.75, 3.05) is 6.61 Å². The molecule has 0 bridgehead atoms. The number of carbonyl (C=O) groups is 1. The van der Waals surface area contributed by atoms with Crippen LogP contribution in [0.25, 0.3) is 0 Å². The third kappa shape index (κ3) is 9.45. The van der Waals surface area contributed by atoms with Gasteiger partial charge in [0.15, 0.2) is 0 Å². The van der Waals surface area contributed by atoms with Crippen LogP contribution in [0.15, 0.2) is 50.4 Å². The Bertz CT molecular complexity index is 844. The lowest BCUT2D eigenvalue weighted by Crippen LogP contribution is -2.17. The number of unbranched alkanes of at least 4 members (excludes halogenated alkanes) is 6. The van der Waals surface area contributed by atoms with Crippen molar-refractivity contribution in [3.63, 3.8) is 0 Å². The van der Waals surface area contributed by atoms with Crippen LogP contribution in [0.5, 0.6) is 5.75 Å². The van der Waals surface area contributed by atoms with Crippen LogP contribution in [0.3, 0.4) is 0 Å². The van der Waals surface area contributed by atoms with Crippen molar-refractivity contribution in [2.45, 2.75) is 71.6 Å². The van der Waals surface area contributed by atoms with Crippen LogP contribution in [0.2, 0.25) is 0 Å². The molecule has 0 radical (unpaired) electrons. The number of ether oxygens (including phenoxy) is 1. The number of hydrazone groups is 1. The fourth-order valence-electron chi connectivity index (χ4n) is 3.28. The van der Waals surface area contributed by atoms with Gasteiger partial charge >= 0.3 is 0 Å². The van der Waals surface area contributed by atoms with Gasteiger partial charge in [0.25, 0.3) is 5.91 Å². The van der Waals surface area contributed by atoms with E-state index in [9.17, 15) is 4.79 Å². The highest BCUT2D eigenvalue weighted by Crippen LogP contribution is 2.34. The molecule has 2 aromatic rings. The first-order chi connectivity index (χ1) is 15.5. The molecule has 0 aliphatic carbocycles. The predicted octanol–water partition coefficient (Wildman–Crippen LogP) is 8.06.